The van der Waals surface area contributed by atoms with Gasteiger partial charge in [0, 0.05) is 45.2 Å². The number of nitrogens with zero attached hydrogens (tertiary/aromatic N) is 5. The predicted molar refractivity (Wildman–Crippen MR) is 118 cm³/mol. The van der Waals surface area contributed by atoms with Gasteiger partial charge in [0.2, 0.25) is 5.89 Å². The summed E-state index contributed by atoms with van der Waals surface area (Å²) in [5, 5.41) is 13.9. The maximum Gasteiger partial charge on any atom is 0.416 e. The molecule has 2 aromatic rings. The van der Waals surface area contributed by atoms with Crippen molar-refractivity contribution >= 4 is 12.0 Å². The summed E-state index contributed by atoms with van der Waals surface area (Å²) in [5.74, 6) is 0.330. The molecule has 3 aliphatic heterocycles. The summed E-state index contributed by atoms with van der Waals surface area (Å²) >= 11 is 0. The van der Waals surface area contributed by atoms with E-state index < -0.39 is 17.8 Å². The van der Waals surface area contributed by atoms with E-state index in [-0.39, 0.29) is 17.9 Å². The van der Waals surface area contributed by atoms with E-state index in [1.54, 1.807) is 9.80 Å². The van der Waals surface area contributed by atoms with Crippen molar-refractivity contribution in [3.63, 3.8) is 0 Å². The number of aliphatic hydroxyl groups is 1. The van der Waals surface area contributed by atoms with Crippen LogP contribution in [0.5, 0.6) is 0 Å². The number of aliphatic hydroxyl groups excluding tert-OH is 1. The molecule has 4 heterocycles. The van der Waals surface area contributed by atoms with Crippen LogP contribution in [-0.4, -0.2) is 89.7 Å². The normalized spacial score (nSPS) is 25.8. The Balaban J connectivity index is 1.38. The molecule has 2 unspecified atom stereocenters. The van der Waals surface area contributed by atoms with Crippen LogP contribution in [0.1, 0.15) is 41.7 Å². The molecule has 3 saturated heterocycles. The number of piperidine rings is 1. The minimum absolute atomic E-state index is 0.127. The van der Waals surface area contributed by atoms with E-state index >= 15 is 0 Å². The monoisotopic (exact) mass is 495 g/mol. The number of anilines is 1. The second-order valence-electron chi connectivity index (χ2n) is 9.36. The number of hydrogen-bond acceptors (Lipinski definition) is 7. The van der Waals surface area contributed by atoms with Gasteiger partial charge < -0.3 is 29.1 Å². The number of benzene rings is 1. The highest BCUT2D eigenvalue weighted by Crippen LogP contribution is 2.38. The molecule has 35 heavy (non-hydrogen) atoms. The molecule has 0 spiro atoms. The summed E-state index contributed by atoms with van der Waals surface area (Å²) in [7, 11) is 0. The zero-order chi connectivity index (χ0) is 24.6. The SMILES string of the molecule is O=C(N1CCOCC1)N1CC(c2ccc(C(F)(F)F)cc2)CC(c2nc(N3CC[C@H](O)C3)no2)C1. The molecule has 1 aromatic carbocycles. The van der Waals surface area contributed by atoms with Gasteiger partial charge in [-0.25, -0.2) is 4.79 Å². The Kier molecular flexibility index (Phi) is 6.58. The van der Waals surface area contributed by atoms with E-state index in [9.17, 15) is 23.1 Å². The van der Waals surface area contributed by atoms with E-state index in [0.29, 0.717) is 77.2 Å². The number of aromatic nitrogens is 2. The van der Waals surface area contributed by atoms with Gasteiger partial charge in [-0.3, -0.25) is 0 Å². The van der Waals surface area contributed by atoms with Crippen LogP contribution >= 0.6 is 0 Å². The fraction of sp³-hybridized carbons (Fsp3) is 0.609. The third-order valence-corrected chi connectivity index (χ3v) is 6.94. The lowest BCUT2D eigenvalue weighted by atomic mass is 9.84. The van der Waals surface area contributed by atoms with Gasteiger partial charge in [0.25, 0.3) is 5.95 Å². The number of morpholine rings is 1. The average Bonchev–Trinajstić information content (AvgIpc) is 3.53. The third kappa shape index (κ3) is 5.22. The summed E-state index contributed by atoms with van der Waals surface area (Å²) in [6.45, 7) is 3.75. The van der Waals surface area contributed by atoms with Crippen LogP contribution in [0.3, 0.4) is 0 Å². The van der Waals surface area contributed by atoms with Crippen LogP contribution in [0.15, 0.2) is 28.8 Å². The molecule has 3 atom stereocenters. The summed E-state index contributed by atoms with van der Waals surface area (Å²) in [5.41, 5.74) is 0.0223. The average molecular weight is 496 g/mol. The van der Waals surface area contributed by atoms with Gasteiger partial charge in [0.1, 0.15) is 0 Å². The Hall–Kier alpha value is -2.86. The Morgan fingerprint density at radius 3 is 2.37 bits per heavy atom. The van der Waals surface area contributed by atoms with Crippen molar-refractivity contribution in [1.29, 1.82) is 0 Å². The second-order valence-corrected chi connectivity index (χ2v) is 9.36. The fourth-order valence-corrected chi connectivity index (χ4v) is 5.02. The van der Waals surface area contributed by atoms with E-state index in [0.717, 1.165) is 17.7 Å². The molecule has 5 rings (SSSR count). The van der Waals surface area contributed by atoms with Crippen molar-refractivity contribution < 1.29 is 32.3 Å². The first kappa shape index (κ1) is 23.9. The van der Waals surface area contributed by atoms with Crippen molar-refractivity contribution in [1.82, 2.24) is 19.9 Å². The van der Waals surface area contributed by atoms with Crippen LogP contribution in [0.25, 0.3) is 0 Å². The molecular formula is C23H28F3N5O4. The number of β-amino-alcohol motifs (C(OH)–C–C–N with tert-alkyl or cyclic N) is 1. The maximum atomic E-state index is 13.3. The first-order valence-corrected chi connectivity index (χ1v) is 11.8. The van der Waals surface area contributed by atoms with Crippen LogP contribution in [0.4, 0.5) is 23.9 Å². The molecule has 0 saturated carbocycles. The van der Waals surface area contributed by atoms with Crippen LogP contribution in [0.2, 0.25) is 0 Å². The van der Waals surface area contributed by atoms with Crippen LogP contribution < -0.4 is 4.90 Å². The van der Waals surface area contributed by atoms with Crippen LogP contribution in [-0.2, 0) is 10.9 Å². The summed E-state index contributed by atoms with van der Waals surface area (Å²) in [4.78, 5) is 23.2. The van der Waals surface area contributed by atoms with Gasteiger partial charge in [-0.05, 0) is 35.7 Å². The maximum absolute atomic E-state index is 13.3. The quantitative estimate of drug-likeness (QED) is 0.700. The van der Waals surface area contributed by atoms with Gasteiger partial charge in [0.05, 0.1) is 30.8 Å². The lowest BCUT2D eigenvalue weighted by Gasteiger charge is -2.40. The van der Waals surface area contributed by atoms with Crippen LogP contribution in [0, 0.1) is 0 Å². The highest BCUT2D eigenvalue weighted by atomic mass is 19.4. The van der Waals surface area contributed by atoms with Gasteiger partial charge in [0.15, 0.2) is 0 Å². The topological polar surface area (TPSA) is 95.2 Å². The Morgan fingerprint density at radius 2 is 1.71 bits per heavy atom. The highest BCUT2D eigenvalue weighted by Gasteiger charge is 2.38. The van der Waals surface area contributed by atoms with E-state index in [4.69, 9.17) is 9.26 Å². The number of carbonyl (C=O) groups is 1. The largest absolute Gasteiger partial charge is 0.416 e. The first-order valence-electron chi connectivity index (χ1n) is 11.8. The predicted octanol–water partition coefficient (Wildman–Crippen LogP) is 2.68. The standard InChI is InChI=1S/C23H28F3N5O4/c24-23(25,26)18-3-1-15(2-4-18)16-11-17(13-31(12-16)22(33)29-7-9-34-10-8-29)20-27-21(28-35-20)30-6-5-19(32)14-30/h1-4,16-17,19,32H,5-14H2/t16?,17?,19-/m0/s1. The zero-order valence-electron chi connectivity index (χ0n) is 19.2. The fourth-order valence-electron chi connectivity index (χ4n) is 5.02. The van der Waals surface area contributed by atoms with Gasteiger partial charge >= 0.3 is 12.2 Å². The molecule has 1 aromatic heterocycles. The number of rotatable bonds is 3. The highest BCUT2D eigenvalue weighted by molar-refractivity contribution is 5.75. The minimum Gasteiger partial charge on any atom is -0.391 e. The number of hydrogen-bond donors (Lipinski definition) is 1. The minimum atomic E-state index is -4.41. The molecule has 3 fully saturated rings. The summed E-state index contributed by atoms with van der Waals surface area (Å²) in [6.07, 6.45) is -3.65. The molecule has 1 N–H and O–H groups in total. The Bertz CT molecular complexity index is 1020. The molecule has 190 valence electrons. The van der Waals surface area contributed by atoms with Gasteiger partial charge in [-0.1, -0.05) is 12.1 Å². The van der Waals surface area contributed by atoms with E-state index in [1.165, 1.54) is 12.1 Å². The smallest absolute Gasteiger partial charge is 0.391 e. The molecule has 2 amide bonds. The van der Waals surface area contributed by atoms with Gasteiger partial charge in [-0.15, -0.1) is 0 Å². The molecular weight excluding hydrogens is 467 g/mol. The van der Waals surface area contributed by atoms with Crippen molar-refractivity contribution in [3.8, 4) is 0 Å². The van der Waals surface area contributed by atoms with Crippen molar-refractivity contribution in [2.24, 2.45) is 0 Å². The molecule has 0 radical (unpaired) electrons. The van der Waals surface area contributed by atoms with Gasteiger partial charge in [-0.2, -0.15) is 18.2 Å². The number of alkyl halides is 3. The van der Waals surface area contributed by atoms with Crippen molar-refractivity contribution in [3.05, 3.63) is 41.3 Å². The molecule has 12 heteroatoms. The number of likely N-dealkylation sites (tertiary alicyclic amines) is 1. The number of ether oxygens (including phenoxy) is 1. The lowest BCUT2D eigenvalue weighted by Crippen LogP contribution is -2.52. The second kappa shape index (κ2) is 9.65. The number of carbonyl (C=O) groups excluding carboxylic acids is 1. The van der Waals surface area contributed by atoms with E-state index in [1.807, 2.05) is 4.90 Å². The van der Waals surface area contributed by atoms with E-state index in [2.05, 4.69) is 10.1 Å². The van der Waals surface area contributed by atoms with Crippen molar-refractivity contribution in [2.75, 3.05) is 57.4 Å². The summed E-state index contributed by atoms with van der Waals surface area (Å²) < 4.78 is 50.1. The first-order chi connectivity index (χ1) is 16.8. The zero-order valence-corrected chi connectivity index (χ0v) is 19.2. The molecule has 0 aliphatic carbocycles. The Morgan fingerprint density at radius 1 is 1.00 bits per heavy atom. The lowest BCUT2D eigenvalue weighted by molar-refractivity contribution is -0.137. The number of urea groups is 1. The molecule has 0 bridgehead atoms. The number of amides is 2. The Labute approximate surface area is 200 Å². The summed E-state index contributed by atoms with van der Waals surface area (Å²) in [6, 6.07) is 5.00. The number of halogens is 3. The van der Waals surface area contributed by atoms with Crippen molar-refractivity contribution in [2.45, 2.75) is 37.0 Å². The molecule has 3 aliphatic rings. The molecule has 9 nitrogen and oxygen atoms in total. The third-order valence-electron chi connectivity index (χ3n) is 6.94.